The second kappa shape index (κ2) is 8.74. The summed E-state index contributed by atoms with van der Waals surface area (Å²) in [4.78, 5) is 12.4. The van der Waals surface area contributed by atoms with Crippen molar-refractivity contribution in [3.63, 3.8) is 0 Å². The van der Waals surface area contributed by atoms with Gasteiger partial charge in [0.1, 0.15) is 18.1 Å². The smallest absolute Gasteiger partial charge is 0.231 e. The first-order valence-electron chi connectivity index (χ1n) is 9.61. The van der Waals surface area contributed by atoms with E-state index in [1.54, 1.807) is 25.3 Å². The van der Waals surface area contributed by atoms with Gasteiger partial charge in [-0.2, -0.15) is 0 Å². The molecule has 3 aromatic rings. The first-order chi connectivity index (χ1) is 14.6. The number of aryl methyl sites for hydroxylation is 1. The normalized spacial score (nSPS) is 12.2. The number of hydrogen-bond donors (Lipinski definition) is 0. The molecule has 1 aliphatic rings. The molecule has 0 N–H and O–H groups in total. The van der Waals surface area contributed by atoms with Gasteiger partial charge in [-0.3, -0.25) is 4.79 Å². The van der Waals surface area contributed by atoms with Crippen LogP contribution in [-0.4, -0.2) is 19.7 Å². The molecule has 1 heterocycles. The highest BCUT2D eigenvalue weighted by molar-refractivity contribution is 6.06. The zero-order valence-corrected chi connectivity index (χ0v) is 16.9. The molecule has 152 valence electrons. The molecule has 0 fully saturated rings. The molecule has 0 atom stereocenters. The van der Waals surface area contributed by atoms with Crippen LogP contribution >= 0.6 is 0 Å². The summed E-state index contributed by atoms with van der Waals surface area (Å²) in [6.45, 7) is 2.51. The molecule has 30 heavy (non-hydrogen) atoms. The van der Waals surface area contributed by atoms with E-state index in [1.165, 1.54) is 0 Å². The third-order valence-electron chi connectivity index (χ3n) is 4.77. The predicted octanol–water partition coefficient (Wildman–Crippen LogP) is 5.21. The zero-order chi connectivity index (χ0) is 20.9. The van der Waals surface area contributed by atoms with E-state index in [0.717, 1.165) is 22.4 Å². The third-order valence-corrected chi connectivity index (χ3v) is 4.77. The van der Waals surface area contributed by atoms with Crippen LogP contribution < -0.4 is 18.9 Å². The molecule has 5 heteroatoms. The molecule has 0 aliphatic carbocycles. The summed E-state index contributed by atoms with van der Waals surface area (Å²) in [5, 5.41) is 0. The van der Waals surface area contributed by atoms with E-state index in [2.05, 4.69) is 0 Å². The lowest BCUT2D eigenvalue weighted by atomic mass is 10.1. The lowest BCUT2D eigenvalue weighted by Gasteiger charge is -2.11. The van der Waals surface area contributed by atoms with Crippen molar-refractivity contribution in [3.05, 3.63) is 89.0 Å². The van der Waals surface area contributed by atoms with Crippen LogP contribution in [0, 0.1) is 6.92 Å². The van der Waals surface area contributed by atoms with Crippen molar-refractivity contribution in [2.24, 2.45) is 0 Å². The van der Waals surface area contributed by atoms with Gasteiger partial charge in [-0.05, 0) is 48.9 Å². The van der Waals surface area contributed by atoms with Crippen LogP contribution in [0.15, 0.2) is 66.7 Å². The van der Waals surface area contributed by atoms with E-state index in [4.69, 9.17) is 18.9 Å². The van der Waals surface area contributed by atoms with E-state index in [0.29, 0.717) is 29.4 Å². The maximum Gasteiger partial charge on any atom is 0.231 e. The van der Waals surface area contributed by atoms with Crippen LogP contribution in [0.2, 0.25) is 0 Å². The number of methoxy groups -OCH3 is 1. The molecule has 0 unspecified atom stereocenters. The van der Waals surface area contributed by atoms with Crippen molar-refractivity contribution in [1.82, 2.24) is 0 Å². The fraction of sp³-hybridized carbons (Fsp3) is 0.160. The first-order valence-corrected chi connectivity index (χ1v) is 9.61. The van der Waals surface area contributed by atoms with E-state index < -0.39 is 0 Å². The van der Waals surface area contributed by atoms with Gasteiger partial charge in [0.05, 0.1) is 7.11 Å². The molecule has 0 amide bonds. The fourth-order valence-electron chi connectivity index (χ4n) is 3.21. The number of carbonyl (C=O) groups is 1. The number of ether oxygens (including phenoxy) is 4. The lowest BCUT2D eigenvalue weighted by molar-refractivity contribution is 0.104. The summed E-state index contributed by atoms with van der Waals surface area (Å²) in [6.07, 6.45) is 3.38. The number of hydrogen-bond acceptors (Lipinski definition) is 5. The Morgan fingerprint density at radius 1 is 1.03 bits per heavy atom. The number of ketones is 1. The number of fused-ring (bicyclic) bond motifs is 1. The molecule has 0 aromatic heterocycles. The van der Waals surface area contributed by atoms with Crippen LogP contribution in [0.4, 0.5) is 0 Å². The van der Waals surface area contributed by atoms with Crippen LogP contribution in [0.5, 0.6) is 23.0 Å². The summed E-state index contributed by atoms with van der Waals surface area (Å²) in [7, 11) is 1.62. The minimum Gasteiger partial charge on any atom is -0.496 e. The average molecular weight is 402 g/mol. The number of allylic oxidation sites excluding steroid dienone is 1. The Morgan fingerprint density at radius 2 is 1.90 bits per heavy atom. The van der Waals surface area contributed by atoms with Crippen molar-refractivity contribution < 1.29 is 23.7 Å². The van der Waals surface area contributed by atoms with Crippen LogP contribution in [-0.2, 0) is 6.61 Å². The van der Waals surface area contributed by atoms with Crippen molar-refractivity contribution in [2.45, 2.75) is 13.5 Å². The molecular weight excluding hydrogens is 380 g/mol. The van der Waals surface area contributed by atoms with Crippen LogP contribution in [0.3, 0.4) is 0 Å². The minimum absolute atomic E-state index is 0.0346. The van der Waals surface area contributed by atoms with Gasteiger partial charge < -0.3 is 18.9 Å². The Labute approximate surface area is 175 Å². The summed E-state index contributed by atoms with van der Waals surface area (Å²) in [5.74, 6) is 2.75. The van der Waals surface area contributed by atoms with Crippen molar-refractivity contribution in [2.75, 3.05) is 13.9 Å². The van der Waals surface area contributed by atoms with Crippen molar-refractivity contribution in [1.29, 1.82) is 0 Å². The van der Waals surface area contributed by atoms with E-state index in [-0.39, 0.29) is 12.6 Å². The lowest BCUT2D eigenvalue weighted by Crippen LogP contribution is -1.99. The first kappa shape index (κ1) is 19.6. The maximum atomic E-state index is 12.4. The summed E-state index contributed by atoms with van der Waals surface area (Å²) in [5.41, 5.74) is 3.49. The van der Waals surface area contributed by atoms with E-state index >= 15 is 0 Å². The molecule has 0 bridgehead atoms. The van der Waals surface area contributed by atoms with Gasteiger partial charge in [-0.15, -0.1) is 0 Å². The van der Waals surface area contributed by atoms with Gasteiger partial charge in [-0.25, -0.2) is 0 Å². The standard InChI is InChI=1S/C25H22O5/c1-17-4-3-5-19(12-17)22(26)9-6-18-7-10-23(27-2)20(13-18)15-28-21-8-11-24-25(14-21)30-16-29-24/h3-14H,15-16H2,1-2H3/b9-6+. The molecule has 4 rings (SSSR count). The Kier molecular flexibility index (Phi) is 5.70. The van der Waals surface area contributed by atoms with Gasteiger partial charge in [0.15, 0.2) is 17.3 Å². The quantitative estimate of drug-likeness (QED) is 0.401. The Balaban J connectivity index is 1.48. The summed E-state index contributed by atoms with van der Waals surface area (Å²) < 4.78 is 22.1. The summed E-state index contributed by atoms with van der Waals surface area (Å²) >= 11 is 0. The van der Waals surface area contributed by atoms with Gasteiger partial charge >= 0.3 is 0 Å². The highest BCUT2D eigenvalue weighted by Gasteiger charge is 2.14. The van der Waals surface area contributed by atoms with Crippen molar-refractivity contribution in [3.8, 4) is 23.0 Å². The zero-order valence-electron chi connectivity index (χ0n) is 16.9. The summed E-state index contributed by atoms with van der Waals surface area (Å²) in [6, 6.07) is 18.7. The van der Waals surface area contributed by atoms with E-state index in [9.17, 15) is 4.79 Å². The topological polar surface area (TPSA) is 54.0 Å². The van der Waals surface area contributed by atoms with Gasteiger partial charge in [-0.1, -0.05) is 35.9 Å². The van der Waals surface area contributed by atoms with Gasteiger partial charge in [0.2, 0.25) is 6.79 Å². The molecule has 0 radical (unpaired) electrons. The monoisotopic (exact) mass is 402 g/mol. The second-order valence-electron chi connectivity index (χ2n) is 6.94. The number of carbonyl (C=O) groups excluding carboxylic acids is 1. The largest absolute Gasteiger partial charge is 0.496 e. The van der Waals surface area contributed by atoms with Gasteiger partial charge in [0, 0.05) is 17.2 Å². The van der Waals surface area contributed by atoms with Crippen LogP contribution in [0.25, 0.3) is 6.08 Å². The Hall–Kier alpha value is -3.73. The van der Waals surface area contributed by atoms with E-state index in [1.807, 2.05) is 61.5 Å². The number of benzene rings is 3. The SMILES string of the molecule is COc1ccc(/C=C/C(=O)c2cccc(C)c2)cc1COc1ccc2c(c1)OCO2. The molecule has 0 saturated carbocycles. The molecule has 0 spiro atoms. The fourth-order valence-corrected chi connectivity index (χ4v) is 3.21. The third kappa shape index (κ3) is 4.46. The Bertz CT molecular complexity index is 1100. The molecular formula is C25H22O5. The molecule has 5 nitrogen and oxygen atoms in total. The second-order valence-corrected chi connectivity index (χ2v) is 6.94. The van der Waals surface area contributed by atoms with Crippen molar-refractivity contribution >= 4 is 11.9 Å². The maximum absolute atomic E-state index is 12.4. The van der Waals surface area contributed by atoms with Crippen LogP contribution in [0.1, 0.15) is 27.0 Å². The average Bonchev–Trinajstić information content (AvgIpc) is 3.24. The molecule has 3 aromatic carbocycles. The highest BCUT2D eigenvalue weighted by atomic mass is 16.7. The predicted molar refractivity (Wildman–Crippen MR) is 114 cm³/mol. The molecule has 0 saturated heterocycles. The number of rotatable bonds is 7. The highest BCUT2D eigenvalue weighted by Crippen LogP contribution is 2.35. The molecule has 1 aliphatic heterocycles. The minimum atomic E-state index is -0.0346. The Morgan fingerprint density at radius 3 is 2.73 bits per heavy atom. The van der Waals surface area contributed by atoms with Gasteiger partial charge in [0.25, 0.3) is 0 Å².